The highest BCUT2D eigenvalue weighted by atomic mass is 16.2. The average molecular weight is 225 g/mol. The van der Waals surface area contributed by atoms with Crippen molar-refractivity contribution in [3.8, 4) is 0 Å². The van der Waals surface area contributed by atoms with Crippen LogP contribution in [-0.4, -0.2) is 37.1 Å². The monoisotopic (exact) mass is 225 g/mol. The molecule has 1 saturated carbocycles. The molecule has 4 heteroatoms. The van der Waals surface area contributed by atoms with Crippen molar-refractivity contribution in [3.05, 3.63) is 0 Å². The van der Waals surface area contributed by atoms with E-state index in [0.717, 1.165) is 32.5 Å². The molecule has 4 nitrogen and oxygen atoms in total. The Labute approximate surface area is 97.6 Å². The van der Waals surface area contributed by atoms with Crippen molar-refractivity contribution in [3.63, 3.8) is 0 Å². The highest BCUT2D eigenvalue weighted by molar-refractivity contribution is 5.74. The van der Waals surface area contributed by atoms with E-state index < -0.39 is 0 Å². The molecule has 3 N–H and O–H groups in total. The number of rotatable bonds is 3. The number of hydrogen-bond acceptors (Lipinski definition) is 2. The summed E-state index contributed by atoms with van der Waals surface area (Å²) in [6.07, 6.45) is 7.16. The zero-order valence-corrected chi connectivity index (χ0v) is 10.0. The van der Waals surface area contributed by atoms with E-state index in [9.17, 15) is 4.79 Å². The third-order valence-electron chi connectivity index (χ3n) is 3.90. The van der Waals surface area contributed by atoms with E-state index in [1.165, 1.54) is 25.7 Å². The SMILES string of the molecule is NCC1(CNC(=O)N2CCCCCC2)CC1. The summed E-state index contributed by atoms with van der Waals surface area (Å²) in [5.74, 6) is 0. The number of carbonyl (C=O) groups excluding carboxylic acids is 1. The van der Waals surface area contributed by atoms with Crippen LogP contribution in [-0.2, 0) is 0 Å². The van der Waals surface area contributed by atoms with Gasteiger partial charge in [0, 0.05) is 25.0 Å². The lowest BCUT2D eigenvalue weighted by atomic mass is 10.1. The van der Waals surface area contributed by atoms with Crippen LogP contribution < -0.4 is 11.1 Å². The van der Waals surface area contributed by atoms with E-state index in [4.69, 9.17) is 5.73 Å². The zero-order valence-electron chi connectivity index (χ0n) is 10.0. The number of nitrogens with zero attached hydrogens (tertiary/aromatic N) is 1. The van der Waals surface area contributed by atoms with E-state index in [0.29, 0.717) is 6.54 Å². The minimum absolute atomic E-state index is 0.113. The molecule has 16 heavy (non-hydrogen) atoms. The van der Waals surface area contributed by atoms with Crippen LogP contribution in [0.4, 0.5) is 4.79 Å². The molecule has 2 aliphatic rings. The minimum Gasteiger partial charge on any atom is -0.337 e. The number of urea groups is 1. The Hall–Kier alpha value is -0.770. The van der Waals surface area contributed by atoms with Gasteiger partial charge in [0.25, 0.3) is 0 Å². The number of carbonyl (C=O) groups is 1. The summed E-state index contributed by atoms with van der Waals surface area (Å²) in [6, 6.07) is 0.113. The van der Waals surface area contributed by atoms with Crippen LogP contribution in [0.2, 0.25) is 0 Å². The summed E-state index contributed by atoms with van der Waals surface area (Å²) < 4.78 is 0. The number of hydrogen-bond donors (Lipinski definition) is 2. The van der Waals surface area contributed by atoms with Gasteiger partial charge in [0.1, 0.15) is 0 Å². The van der Waals surface area contributed by atoms with Gasteiger partial charge in [-0.3, -0.25) is 0 Å². The van der Waals surface area contributed by atoms with E-state index in [-0.39, 0.29) is 11.4 Å². The number of nitrogens with two attached hydrogens (primary N) is 1. The first-order valence-electron chi connectivity index (χ1n) is 6.49. The molecule has 2 rings (SSSR count). The predicted molar refractivity (Wildman–Crippen MR) is 64.2 cm³/mol. The molecule has 1 heterocycles. The van der Waals surface area contributed by atoms with Gasteiger partial charge < -0.3 is 16.0 Å². The van der Waals surface area contributed by atoms with Crippen molar-refractivity contribution in [2.45, 2.75) is 38.5 Å². The lowest BCUT2D eigenvalue weighted by Gasteiger charge is -2.22. The van der Waals surface area contributed by atoms with Gasteiger partial charge in [0.05, 0.1) is 0 Å². The molecule has 0 aromatic carbocycles. The van der Waals surface area contributed by atoms with Crippen molar-refractivity contribution in [1.82, 2.24) is 10.2 Å². The summed E-state index contributed by atoms with van der Waals surface area (Å²) >= 11 is 0. The number of amides is 2. The molecule has 0 aromatic heterocycles. The molecule has 2 amide bonds. The molecule has 1 aliphatic carbocycles. The standard InChI is InChI=1S/C12H23N3O/c13-9-12(5-6-12)10-14-11(16)15-7-3-1-2-4-8-15/h1-10,13H2,(H,14,16). The first-order valence-corrected chi connectivity index (χ1v) is 6.49. The molecule has 0 bridgehead atoms. The summed E-state index contributed by atoms with van der Waals surface area (Å²) in [6.45, 7) is 3.30. The van der Waals surface area contributed by atoms with Crippen molar-refractivity contribution < 1.29 is 4.79 Å². The maximum Gasteiger partial charge on any atom is 0.317 e. The van der Waals surface area contributed by atoms with E-state index >= 15 is 0 Å². The molecule has 0 aromatic rings. The Morgan fingerprint density at radius 1 is 1.19 bits per heavy atom. The first-order chi connectivity index (χ1) is 7.76. The number of likely N-dealkylation sites (tertiary alicyclic amines) is 1. The Bertz CT molecular complexity index is 243. The van der Waals surface area contributed by atoms with Crippen LogP contribution in [0.25, 0.3) is 0 Å². The smallest absolute Gasteiger partial charge is 0.317 e. The topological polar surface area (TPSA) is 58.4 Å². The fraction of sp³-hybridized carbons (Fsp3) is 0.917. The first kappa shape index (κ1) is 11.7. The van der Waals surface area contributed by atoms with Crippen molar-refractivity contribution in [2.24, 2.45) is 11.1 Å². The molecule has 2 fully saturated rings. The van der Waals surface area contributed by atoms with Crippen LogP contribution in [0.1, 0.15) is 38.5 Å². The molecule has 1 aliphatic heterocycles. The lowest BCUT2D eigenvalue weighted by Crippen LogP contribution is -2.43. The lowest BCUT2D eigenvalue weighted by molar-refractivity contribution is 0.197. The van der Waals surface area contributed by atoms with Gasteiger partial charge in [-0.2, -0.15) is 0 Å². The molecular weight excluding hydrogens is 202 g/mol. The zero-order chi connectivity index (χ0) is 11.4. The highest BCUT2D eigenvalue weighted by Crippen LogP contribution is 2.43. The van der Waals surface area contributed by atoms with Crippen LogP contribution in [0, 0.1) is 5.41 Å². The van der Waals surface area contributed by atoms with Gasteiger partial charge in [0.15, 0.2) is 0 Å². The van der Waals surface area contributed by atoms with E-state index in [1.807, 2.05) is 4.90 Å². The second kappa shape index (κ2) is 5.04. The van der Waals surface area contributed by atoms with Crippen LogP contribution >= 0.6 is 0 Å². The second-order valence-electron chi connectivity index (χ2n) is 5.26. The molecule has 92 valence electrons. The predicted octanol–water partition coefficient (Wildman–Crippen LogP) is 1.31. The van der Waals surface area contributed by atoms with Gasteiger partial charge in [-0.05, 0) is 32.2 Å². The molecule has 0 radical (unpaired) electrons. The van der Waals surface area contributed by atoms with Crippen molar-refractivity contribution >= 4 is 6.03 Å². The van der Waals surface area contributed by atoms with Gasteiger partial charge in [0.2, 0.25) is 0 Å². The third kappa shape index (κ3) is 2.88. The van der Waals surface area contributed by atoms with Crippen molar-refractivity contribution in [2.75, 3.05) is 26.2 Å². The number of nitrogens with one attached hydrogen (secondary N) is 1. The van der Waals surface area contributed by atoms with E-state index in [1.54, 1.807) is 0 Å². The Morgan fingerprint density at radius 2 is 1.81 bits per heavy atom. The maximum absolute atomic E-state index is 11.9. The Kier molecular flexibility index (Phi) is 3.69. The third-order valence-corrected chi connectivity index (χ3v) is 3.90. The summed E-state index contributed by atoms with van der Waals surface area (Å²) in [5, 5.41) is 3.04. The van der Waals surface area contributed by atoms with Gasteiger partial charge in [-0.25, -0.2) is 4.79 Å². The Balaban J connectivity index is 1.74. The highest BCUT2D eigenvalue weighted by Gasteiger charge is 2.41. The molecule has 0 spiro atoms. The van der Waals surface area contributed by atoms with E-state index in [2.05, 4.69) is 5.32 Å². The summed E-state index contributed by atoms with van der Waals surface area (Å²) in [7, 11) is 0. The quantitative estimate of drug-likeness (QED) is 0.761. The normalized spacial score (nSPS) is 23.7. The summed E-state index contributed by atoms with van der Waals surface area (Å²) in [5.41, 5.74) is 5.93. The fourth-order valence-electron chi connectivity index (χ4n) is 2.28. The van der Waals surface area contributed by atoms with Crippen LogP contribution in [0.3, 0.4) is 0 Å². The molecule has 0 unspecified atom stereocenters. The van der Waals surface area contributed by atoms with Crippen LogP contribution in [0.5, 0.6) is 0 Å². The van der Waals surface area contributed by atoms with Gasteiger partial charge in [-0.1, -0.05) is 12.8 Å². The average Bonchev–Trinajstić information content (AvgIpc) is 3.11. The molecular formula is C12H23N3O. The largest absolute Gasteiger partial charge is 0.337 e. The molecule has 0 atom stereocenters. The fourth-order valence-corrected chi connectivity index (χ4v) is 2.28. The van der Waals surface area contributed by atoms with Crippen LogP contribution in [0.15, 0.2) is 0 Å². The molecule has 1 saturated heterocycles. The van der Waals surface area contributed by atoms with Gasteiger partial charge in [-0.15, -0.1) is 0 Å². The second-order valence-corrected chi connectivity index (χ2v) is 5.26. The minimum atomic E-state index is 0.113. The maximum atomic E-state index is 11.9. The Morgan fingerprint density at radius 3 is 2.31 bits per heavy atom. The van der Waals surface area contributed by atoms with Gasteiger partial charge >= 0.3 is 6.03 Å². The van der Waals surface area contributed by atoms with Crippen molar-refractivity contribution in [1.29, 1.82) is 0 Å². The summed E-state index contributed by atoms with van der Waals surface area (Å²) in [4.78, 5) is 13.9.